The average Bonchev–Trinajstić information content (AvgIpc) is 2.73. The van der Waals surface area contributed by atoms with Gasteiger partial charge in [0.1, 0.15) is 18.0 Å². The van der Waals surface area contributed by atoms with Gasteiger partial charge in [0.2, 0.25) is 0 Å². The normalized spacial score (nSPS) is 15.3. The smallest absolute Gasteiger partial charge is 0.139 e. The van der Waals surface area contributed by atoms with E-state index in [-0.39, 0.29) is 0 Å². The van der Waals surface area contributed by atoms with E-state index in [1.165, 1.54) is 18.4 Å². The molecule has 5 nitrogen and oxygen atoms in total. The summed E-state index contributed by atoms with van der Waals surface area (Å²) in [5, 5.41) is 1.16. The number of aryl methyl sites for hydroxylation is 1. The molecule has 0 amide bonds. The Morgan fingerprint density at radius 3 is 2.67 bits per heavy atom. The maximum absolute atomic E-state index is 4.64. The van der Waals surface area contributed by atoms with Crippen LogP contribution >= 0.6 is 0 Å². The number of pyridine rings is 1. The third kappa shape index (κ3) is 3.87. The maximum Gasteiger partial charge on any atom is 0.139 e. The zero-order chi connectivity index (χ0) is 18.6. The van der Waals surface area contributed by atoms with E-state index in [0.717, 1.165) is 48.7 Å². The van der Waals surface area contributed by atoms with Crippen molar-refractivity contribution in [1.29, 1.82) is 0 Å². The van der Waals surface area contributed by atoms with E-state index in [0.29, 0.717) is 5.92 Å². The Morgan fingerprint density at radius 2 is 1.93 bits per heavy atom. The van der Waals surface area contributed by atoms with E-state index < -0.39 is 0 Å². The topological polar surface area (TPSA) is 45.2 Å². The van der Waals surface area contributed by atoms with Crippen molar-refractivity contribution in [2.75, 3.05) is 36.0 Å². The fourth-order valence-corrected chi connectivity index (χ4v) is 3.97. The lowest BCUT2D eigenvalue weighted by atomic mass is 9.96. The highest BCUT2D eigenvalue weighted by molar-refractivity contribution is 5.89. The minimum Gasteiger partial charge on any atom is -0.357 e. The maximum atomic E-state index is 4.64. The third-order valence-electron chi connectivity index (χ3n) is 5.52. The highest BCUT2D eigenvalue weighted by Gasteiger charge is 2.23. The van der Waals surface area contributed by atoms with Crippen LogP contribution in [0, 0.1) is 12.8 Å². The van der Waals surface area contributed by atoms with E-state index in [4.69, 9.17) is 0 Å². The van der Waals surface area contributed by atoms with Gasteiger partial charge in [-0.15, -0.1) is 0 Å². The molecule has 0 spiro atoms. The first-order valence-electron chi connectivity index (χ1n) is 9.87. The van der Waals surface area contributed by atoms with Crippen molar-refractivity contribution < 1.29 is 0 Å². The van der Waals surface area contributed by atoms with Crippen molar-refractivity contribution >= 4 is 22.5 Å². The zero-order valence-electron chi connectivity index (χ0n) is 16.2. The molecule has 0 atom stereocenters. The summed E-state index contributed by atoms with van der Waals surface area (Å²) in [6.45, 7) is 8.49. The molecule has 3 aromatic rings. The van der Waals surface area contributed by atoms with Crippen molar-refractivity contribution in [2.45, 2.75) is 26.7 Å². The van der Waals surface area contributed by atoms with Gasteiger partial charge in [0, 0.05) is 37.8 Å². The summed E-state index contributed by atoms with van der Waals surface area (Å²) in [7, 11) is 0. The van der Waals surface area contributed by atoms with Gasteiger partial charge < -0.3 is 9.80 Å². The minimum absolute atomic E-state index is 0.680. The van der Waals surface area contributed by atoms with Gasteiger partial charge in [-0.2, -0.15) is 0 Å². The van der Waals surface area contributed by atoms with Crippen molar-refractivity contribution in [1.82, 2.24) is 15.0 Å². The van der Waals surface area contributed by atoms with Gasteiger partial charge in [0.15, 0.2) is 0 Å². The van der Waals surface area contributed by atoms with Gasteiger partial charge in [0.05, 0.1) is 5.52 Å². The van der Waals surface area contributed by atoms with Crippen LogP contribution < -0.4 is 9.80 Å². The molecular weight excluding hydrogens is 334 g/mol. The fourth-order valence-electron chi connectivity index (χ4n) is 3.97. The highest BCUT2D eigenvalue weighted by Crippen LogP contribution is 2.27. The van der Waals surface area contributed by atoms with Gasteiger partial charge in [-0.05, 0) is 56.9 Å². The quantitative estimate of drug-likeness (QED) is 0.685. The van der Waals surface area contributed by atoms with E-state index in [2.05, 4.69) is 68.9 Å². The van der Waals surface area contributed by atoms with Crippen LogP contribution in [0.3, 0.4) is 0 Å². The molecule has 4 rings (SSSR count). The molecule has 0 N–H and O–H groups in total. The molecule has 0 aliphatic carbocycles. The summed E-state index contributed by atoms with van der Waals surface area (Å²) in [6, 6.07) is 12.6. The molecule has 3 heterocycles. The largest absolute Gasteiger partial charge is 0.357 e. The Balaban J connectivity index is 1.47. The average molecular weight is 361 g/mol. The number of hydrogen-bond acceptors (Lipinski definition) is 5. The Hall–Kier alpha value is -2.69. The van der Waals surface area contributed by atoms with Gasteiger partial charge in [-0.1, -0.05) is 17.7 Å². The van der Waals surface area contributed by atoms with Crippen LogP contribution in [-0.2, 0) is 0 Å². The molecule has 1 aromatic carbocycles. The first-order valence-corrected chi connectivity index (χ1v) is 9.87. The van der Waals surface area contributed by atoms with Gasteiger partial charge in [-0.25, -0.2) is 15.0 Å². The van der Waals surface area contributed by atoms with Crippen molar-refractivity contribution in [3.63, 3.8) is 0 Å². The monoisotopic (exact) mass is 361 g/mol. The number of aromatic nitrogens is 3. The Morgan fingerprint density at radius 1 is 1.07 bits per heavy atom. The van der Waals surface area contributed by atoms with Gasteiger partial charge in [0.25, 0.3) is 0 Å². The predicted molar refractivity (Wildman–Crippen MR) is 111 cm³/mol. The second-order valence-corrected chi connectivity index (χ2v) is 7.37. The number of fused-ring (bicyclic) bond motifs is 1. The second kappa shape index (κ2) is 7.91. The fraction of sp³-hybridized carbons (Fsp3) is 0.409. The number of piperidine rings is 1. The number of hydrogen-bond donors (Lipinski definition) is 0. The number of anilines is 2. The molecule has 0 radical (unpaired) electrons. The van der Waals surface area contributed by atoms with Crippen LogP contribution in [0.1, 0.15) is 25.3 Å². The molecule has 1 fully saturated rings. The van der Waals surface area contributed by atoms with Gasteiger partial charge >= 0.3 is 0 Å². The second-order valence-electron chi connectivity index (χ2n) is 7.37. The summed E-state index contributed by atoms with van der Waals surface area (Å²) >= 11 is 0. The molecule has 1 aliphatic heterocycles. The van der Waals surface area contributed by atoms with Crippen molar-refractivity contribution in [2.24, 2.45) is 5.92 Å². The molecule has 27 heavy (non-hydrogen) atoms. The molecule has 2 aromatic heterocycles. The zero-order valence-corrected chi connectivity index (χ0v) is 16.2. The summed E-state index contributed by atoms with van der Waals surface area (Å²) in [4.78, 5) is 18.4. The molecule has 0 bridgehead atoms. The Kier molecular flexibility index (Phi) is 5.19. The summed E-state index contributed by atoms with van der Waals surface area (Å²) < 4.78 is 0. The summed E-state index contributed by atoms with van der Waals surface area (Å²) in [6.07, 6.45) is 5.95. The number of benzene rings is 1. The highest BCUT2D eigenvalue weighted by atomic mass is 15.2. The van der Waals surface area contributed by atoms with E-state index in [1.54, 1.807) is 6.33 Å². The molecule has 0 unspecified atom stereocenters. The number of rotatable bonds is 5. The third-order valence-corrected chi connectivity index (χ3v) is 5.52. The Bertz CT molecular complexity index is 888. The molecule has 140 valence electrons. The van der Waals surface area contributed by atoms with Crippen LogP contribution in [-0.4, -0.2) is 41.1 Å². The molecule has 1 aliphatic rings. The molecular formula is C22H27N5. The first-order chi connectivity index (χ1) is 13.2. The SMILES string of the molecule is CCN(CC1CCN(c2ccccn2)CC1)c1ncnc2ccc(C)cc12. The van der Waals surface area contributed by atoms with Crippen molar-refractivity contribution in [3.8, 4) is 0 Å². The van der Waals surface area contributed by atoms with E-state index >= 15 is 0 Å². The van der Waals surface area contributed by atoms with Crippen molar-refractivity contribution in [3.05, 3.63) is 54.5 Å². The van der Waals surface area contributed by atoms with E-state index in [1.807, 2.05) is 12.3 Å². The lowest BCUT2D eigenvalue weighted by molar-refractivity contribution is 0.403. The van der Waals surface area contributed by atoms with Crippen LogP contribution in [0.2, 0.25) is 0 Å². The molecule has 0 saturated carbocycles. The number of nitrogens with zero attached hydrogens (tertiary/aromatic N) is 5. The van der Waals surface area contributed by atoms with Crippen LogP contribution in [0.25, 0.3) is 10.9 Å². The standard InChI is InChI=1S/C22H27N5/c1-3-26(22-19-14-17(2)7-8-20(19)24-16-25-22)15-18-9-12-27(13-10-18)21-6-4-5-11-23-21/h4-8,11,14,16,18H,3,9-10,12-13,15H2,1-2H3. The van der Waals surface area contributed by atoms with Gasteiger partial charge in [-0.3, -0.25) is 0 Å². The van der Waals surface area contributed by atoms with E-state index in [9.17, 15) is 0 Å². The Labute approximate surface area is 161 Å². The van der Waals surface area contributed by atoms with Crippen LogP contribution in [0.15, 0.2) is 48.9 Å². The first kappa shape index (κ1) is 17.7. The molecule has 5 heteroatoms. The van der Waals surface area contributed by atoms with Crippen LogP contribution in [0.4, 0.5) is 11.6 Å². The lowest BCUT2D eigenvalue weighted by Gasteiger charge is -2.35. The summed E-state index contributed by atoms with van der Waals surface area (Å²) in [5.41, 5.74) is 2.27. The molecule has 1 saturated heterocycles. The lowest BCUT2D eigenvalue weighted by Crippen LogP contribution is -2.39. The van der Waals surface area contributed by atoms with Crippen LogP contribution in [0.5, 0.6) is 0 Å². The minimum atomic E-state index is 0.680. The summed E-state index contributed by atoms with van der Waals surface area (Å²) in [5.74, 6) is 2.85. The predicted octanol–water partition coefficient (Wildman–Crippen LogP) is 4.08.